The Bertz CT molecular complexity index is 1120. The summed E-state index contributed by atoms with van der Waals surface area (Å²) in [5.74, 6) is 0.860. The Labute approximate surface area is 182 Å². The van der Waals surface area contributed by atoms with Crippen LogP contribution in [0.15, 0.2) is 48.8 Å². The number of nitrogens with one attached hydrogen (secondary N) is 1. The second-order valence-corrected chi connectivity index (χ2v) is 8.12. The van der Waals surface area contributed by atoms with Crippen LogP contribution in [-0.2, 0) is 20.0 Å². The van der Waals surface area contributed by atoms with E-state index < -0.39 is 0 Å². The Hall–Kier alpha value is -3.48. The Morgan fingerprint density at radius 3 is 2.81 bits per heavy atom. The summed E-state index contributed by atoms with van der Waals surface area (Å²) in [4.78, 5) is 16.3. The minimum atomic E-state index is -0.0758. The van der Waals surface area contributed by atoms with Crippen molar-refractivity contribution in [1.82, 2.24) is 20.0 Å². The summed E-state index contributed by atoms with van der Waals surface area (Å²) in [6, 6.07) is 12.9. The van der Waals surface area contributed by atoms with Crippen LogP contribution in [0.5, 0.6) is 5.75 Å². The van der Waals surface area contributed by atoms with Crippen molar-refractivity contribution < 1.29 is 9.53 Å². The topological polar surface area (TPSA) is 62.6 Å². The van der Waals surface area contributed by atoms with Gasteiger partial charge in [0.15, 0.2) is 0 Å². The number of rotatable bonds is 2. The highest BCUT2D eigenvalue weighted by molar-refractivity contribution is 5.75. The fraction of sp³-hybridized carbons (Fsp3) is 0.333. The fourth-order valence-corrected chi connectivity index (χ4v) is 4.50. The Balaban J connectivity index is 1.47. The molecule has 0 saturated heterocycles. The molecule has 7 nitrogen and oxygen atoms in total. The van der Waals surface area contributed by atoms with Gasteiger partial charge in [0.2, 0.25) is 0 Å². The molecule has 3 heterocycles. The van der Waals surface area contributed by atoms with E-state index in [1.54, 1.807) is 11.9 Å². The molecule has 3 aromatic rings. The van der Waals surface area contributed by atoms with Crippen LogP contribution in [0.2, 0.25) is 0 Å². The molecule has 0 atom stereocenters. The Morgan fingerprint density at radius 1 is 1.10 bits per heavy atom. The number of anilines is 2. The zero-order chi connectivity index (χ0) is 21.4. The van der Waals surface area contributed by atoms with Gasteiger partial charge in [0.25, 0.3) is 0 Å². The molecule has 0 saturated carbocycles. The lowest BCUT2D eigenvalue weighted by molar-refractivity contribution is 0.190. The maximum Gasteiger partial charge on any atom is 0.317 e. The number of fused-ring (bicyclic) bond motifs is 2. The number of nitrogens with zero attached hydrogens (tertiary/aromatic N) is 4. The highest BCUT2D eigenvalue weighted by Gasteiger charge is 2.23. The average molecular weight is 418 g/mol. The quantitative estimate of drug-likeness (QED) is 0.691. The number of amides is 2. The van der Waals surface area contributed by atoms with Crippen LogP contribution in [0.25, 0.3) is 11.1 Å². The third-order valence-corrected chi connectivity index (χ3v) is 6.07. The van der Waals surface area contributed by atoms with Gasteiger partial charge in [-0.2, -0.15) is 5.10 Å². The van der Waals surface area contributed by atoms with Crippen molar-refractivity contribution >= 4 is 17.4 Å². The van der Waals surface area contributed by atoms with Crippen LogP contribution in [0.4, 0.5) is 16.2 Å². The van der Waals surface area contributed by atoms with Crippen LogP contribution in [0.1, 0.15) is 17.5 Å². The van der Waals surface area contributed by atoms with Gasteiger partial charge in [-0.15, -0.1) is 0 Å². The van der Waals surface area contributed by atoms with E-state index in [0.717, 1.165) is 42.0 Å². The van der Waals surface area contributed by atoms with Crippen molar-refractivity contribution in [3.05, 3.63) is 59.9 Å². The number of hydrogen-bond acceptors (Lipinski definition) is 4. The molecule has 7 heteroatoms. The number of ether oxygens (including phenoxy) is 1. The molecule has 160 valence electrons. The summed E-state index contributed by atoms with van der Waals surface area (Å²) in [6.07, 6.45) is 6.12. The molecule has 2 aromatic carbocycles. The molecule has 5 rings (SSSR count). The molecular weight excluding hydrogens is 390 g/mol. The van der Waals surface area contributed by atoms with E-state index in [2.05, 4.69) is 45.6 Å². The van der Waals surface area contributed by atoms with Gasteiger partial charge in [-0.25, -0.2) is 4.79 Å². The van der Waals surface area contributed by atoms with Crippen molar-refractivity contribution in [3.8, 4) is 16.9 Å². The predicted molar refractivity (Wildman–Crippen MR) is 121 cm³/mol. The van der Waals surface area contributed by atoms with Crippen LogP contribution in [0.3, 0.4) is 0 Å². The minimum Gasteiger partial charge on any atom is -0.491 e. The van der Waals surface area contributed by atoms with Crippen molar-refractivity contribution in [2.75, 3.05) is 31.6 Å². The molecule has 1 aromatic heterocycles. The van der Waals surface area contributed by atoms with Crippen molar-refractivity contribution in [1.29, 1.82) is 0 Å². The largest absolute Gasteiger partial charge is 0.491 e. The maximum atomic E-state index is 12.2. The first-order chi connectivity index (χ1) is 15.1. The summed E-state index contributed by atoms with van der Waals surface area (Å²) in [5, 5.41) is 7.02. The van der Waals surface area contributed by atoms with Gasteiger partial charge in [-0.3, -0.25) is 4.68 Å². The van der Waals surface area contributed by atoms with Gasteiger partial charge in [0, 0.05) is 49.3 Å². The van der Waals surface area contributed by atoms with Crippen LogP contribution >= 0.6 is 0 Å². The zero-order valence-corrected chi connectivity index (χ0v) is 18.0. The summed E-state index contributed by atoms with van der Waals surface area (Å²) >= 11 is 0. The molecule has 1 N–H and O–H groups in total. The second-order valence-electron chi connectivity index (χ2n) is 8.12. The number of benzene rings is 2. The SMILES string of the molecule is CNC(=O)N1CCOc2ccc(N3CCCc4cc(-c5cnn(C)c5)ccc43)cc2C1. The first-order valence-corrected chi connectivity index (χ1v) is 10.7. The highest BCUT2D eigenvalue weighted by atomic mass is 16.5. The molecule has 0 aliphatic carbocycles. The van der Waals surface area contributed by atoms with Crippen LogP contribution in [0, 0.1) is 0 Å². The van der Waals surface area contributed by atoms with E-state index in [1.165, 1.54) is 16.8 Å². The van der Waals surface area contributed by atoms with E-state index >= 15 is 0 Å². The Kier molecular flexibility index (Phi) is 5.02. The van der Waals surface area contributed by atoms with Gasteiger partial charge < -0.3 is 19.9 Å². The predicted octanol–water partition coefficient (Wildman–Crippen LogP) is 3.71. The summed E-state index contributed by atoms with van der Waals surface area (Å²) in [5.41, 5.74) is 7.11. The van der Waals surface area contributed by atoms with E-state index in [4.69, 9.17) is 4.74 Å². The van der Waals surface area contributed by atoms with E-state index in [0.29, 0.717) is 19.7 Å². The first kappa shape index (κ1) is 19.5. The molecule has 0 radical (unpaired) electrons. The number of aromatic nitrogens is 2. The molecule has 0 spiro atoms. The molecule has 2 aliphatic heterocycles. The van der Waals surface area contributed by atoms with Crippen molar-refractivity contribution in [2.24, 2.45) is 7.05 Å². The third kappa shape index (κ3) is 3.71. The van der Waals surface area contributed by atoms with E-state index in [1.807, 2.05) is 30.2 Å². The molecule has 2 amide bonds. The van der Waals surface area contributed by atoms with E-state index in [9.17, 15) is 4.79 Å². The lowest BCUT2D eigenvalue weighted by Gasteiger charge is -2.32. The number of hydrogen-bond donors (Lipinski definition) is 1. The van der Waals surface area contributed by atoms with Crippen molar-refractivity contribution in [2.45, 2.75) is 19.4 Å². The summed E-state index contributed by atoms with van der Waals surface area (Å²) < 4.78 is 7.74. The number of aryl methyl sites for hydroxylation is 2. The highest BCUT2D eigenvalue weighted by Crippen LogP contribution is 2.38. The van der Waals surface area contributed by atoms with Gasteiger partial charge in [0.1, 0.15) is 12.4 Å². The molecule has 0 bridgehead atoms. The smallest absolute Gasteiger partial charge is 0.317 e. The van der Waals surface area contributed by atoms with Gasteiger partial charge in [0.05, 0.1) is 19.3 Å². The van der Waals surface area contributed by atoms with Gasteiger partial charge in [-0.05, 0) is 54.3 Å². The standard InChI is InChI=1S/C24H27N5O2/c1-25-24(30)28-10-11-31-23-8-6-21(13-19(23)16-28)29-9-3-4-18-12-17(5-7-22(18)29)20-14-26-27(2)15-20/h5-8,12-15H,3-4,9-11,16H2,1-2H3,(H,25,30). The van der Waals surface area contributed by atoms with Crippen molar-refractivity contribution in [3.63, 3.8) is 0 Å². The Morgan fingerprint density at radius 2 is 2.00 bits per heavy atom. The maximum absolute atomic E-state index is 12.2. The summed E-state index contributed by atoms with van der Waals surface area (Å²) in [6.45, 7) is 2.60. The summed E-state index contributed by atoms with van der Waals surface area (Å²) in [7, 11) is 3.60. The average Bonchev–Trinajstić information content (AvgIpc) is 3.12. The molecule has 2 aliphatic rings. The van der Waals surface area contributed by atoms with Crippen LogP contribution in [-0.4, -0.2) is 47.5 Å². The lowest BCUT2D eigenvalue weighted by atomic mass is 9.96. The third-order valence-electron chi connectivity index (χ3n) is 6.07. The zero-order valence-electron chi connectivity index (χ0n) is 18.0. The van der Waals surface area contributed by atoms with Gasteiger partial charge >= 0.3 is 6.03 Å². The molecule has 31 heavy (non-hydrogen) atoms. The number of urea groups is 1. The number of carbonyl (C=O) groups is 1. The molecule has 0 unspecified atom stereocenters. The monoisotopic (exact) mass is 417 g/mol. The molecular formula is C24H27N5O2. The van der Waals surface area contributed by atoms with E-state index in [-0.39, 0.29) is 6.03 Å². The first-order valence-electron chi connectivity index (χ1n) is 10.7. The molecule has 0 fully saturated rings. The normalized spacial score (nSPS) is 15.5. The number of carbonyl (C=O) groups excluding carboxylic acids is 1. The lowest BCUT2D eigenvalue weighted by Crippen LogP contribution is -2.38. The minimum absolute atomic E-state index is 0.0758. The van der Waals surface area contributed by atoms with Gasteiger partial charge in [-0.1, -0.05) is 6.07 Å². The second kappa shape index (κ2) is 7.98. The fourth-order valence-electron chi connectivity index (χ4n) is 4.50. The van der Waals surface area contributed by atoms with Crippen LogP contribution < -0.4 is 15.0 Å².